The van der Waals surface area contributed by atoms with Crippen molar-refractivity contribution in [2.24, 2.45) is 0 Å². The molecule has 1 aromatic carbocycles. The standard InChI is InChI=1S/C17H14F2N4O2/c18-17(19)25-12-5-3-4-11(8-12)14(24)10-21-16-13(9-20)23-7-2-1-6-15(23)22-16/h1-8,14,17,21,24H,10H2. The number of fused-ring (bicyclic) bond motifs is 1. The van der Waals surface area contributed by atoms with Crippen LogP contribution in [0.3, 0.4) is 0 Å². The van der Waals surface area contributed by atoms with E-state index in [1.165, 1.54) is 18.2 Å². The molecule has 2 aromatic heterocycles. The van der Waals surface area contributed by atoms with E-state index in [2.05, 4.69) is 21.1 Å². The third-order valence-electron chi connectivity index (χ3n) is 3.57. The average Bonchev–Trinajstić information content (AvgIpc) is 2.96. The van der Waals surface area contributed by atoms with E-state index in [1.54, 1.807) is 34.9 Å². The summed E-state index contributed by atoms with van der Waals surface area (Å²) in [7, 11) is 0. The van der Waals surface area contributed by atoms with Crippen LogP contribution in [0.2, 0.25) is 0 Å². The summed E-state index contributed by atoms with van der Waals surface area (Å²) >= 11 is 0. The second-order valence-electron chi connectivity index (χ2n) is 5.20. The highest BCUT2D eigenvalue weighted by Crippen LogP contribution is 2.22. The number of aromatic nitrogens is 2. The van der Waals surface area contributed by atoms with Crippen LogP contribution in [-0.2, 0) is 0 Å². The van der Waals surface area contributed by atoms with Crippen LogP contribution in [0.5, 0.6) is 5.75 Å². The number of ether oxygens (including phenoxy) is 1. The second-order valence-corrected chi connectivity index (χ2v) is 5.20. The van der Waals surface area contributed by atoms with Gasteiger partial charge < -0.3 is 15.2 Å². The van der Waals surface area contributed by atoms with E-state index in [0.29, 0.717) is 22.7 Å². The molecule has 0 amide bonds. The van der Waals surface area contributed by atoms with Crippen molar-refractivity contribution in [3.8, 4) is 11.8 Å². The van der Waals surface area contributed by atoms with E-state index in [0.717, 1.165) is 0 Å². The van der Waals surface area contributed by atoms with Gasteiger partial charge >= 0.3 is 6.61 Å². The lowest BCUT2D eigenvalue weighted by Crippen LogP contribution is -2.13. The maximum absolute atomic E-state index is 12.3. The number of pyridine rings is 1. The Morgan fingerprint density at radius 2 is 2.12 bits per heavy atom. The number of hydrogen-bond donors (Lipinski definition) is 2. The number of rotatable bonds is 6. The van der Waals surface area contributed by atoms with Gasteiger partial charge in [0.15, 0.2) is 11.5 Å². The van der Waals surface area contributed by atoms with Gasteiger partial charge in [0, 0.05) is 12.7 Å². The van der Waals surface area contributed by atoms with E-state index in [4.69, 9.17) is 0 Å². The van der Waals surface area contributed by atoms with Crippen molar-refractivity contribution < 1.29 is 18.6 Å². The normalized spacial score (nSPS) is 12.1. The number of benzene rings is 1. The lowest BCUT2D eigenvalue weighted by atomic mass is 10.1. The van der Waals surface area contributed by atoms with Crippen LogP contribution in [0.4, 0.5) is 14.6 Å². The molecule has 1 unspecified atom stereocenters. The predicted molar refractivity (Wildman–Crippen MR) is 86.4 cm³/mol. The van der Waals surface area contributed by atoms with Crippen molar-refractivity contribution in [2.75, 3.05) is 11.9 Å². The smallest absolute Gasteiger partial charge is 0.387 e. The van der Waals surface area contributed by atoms with Crippen LogP contribution in [-0.4, -0.2) is 27.6 Å². The molecule has 2 N–H and O–H groups in total. The zero-order chi connectivity index (χ0) is 17.8. The Kier molecular flexibility index (Phi) is 4.77. The van der Waals surface area contributed by atoms with E-state index < -0.39 is 12.7 Å². The van der Waals surface area contributed by atoms with Crippen LogP contribution in [0.1, 0.15) is 17.4 Å². The summed E-state index contributed by atoms with van der Waals surface area (Å²) in [5.41, 5.74) is 1.33. The molecule has 8 heteroatoms. The molecule has 0 saturated carbocycles. The molecule has 6 nitrogen and oxygen atoms in total. The first kappa shape index (κ1) is 16.7. The van der Waals surface area contributed by atoms with E-state index in [-0.39, 0.29) is 12.3 Å². The summed E-state index contributed by atoms with van der Waals surface area (Å²) < 4.78 is 30.5. The number of nitrogens with one attached hydrogen (secondary N) is 1. The van der Waals surface area contributed by atoms with Crippen LogP contribution in [0, 0.1) is 11.3 Å². The number of halogens is 2. The minimum atomic E-state index is -2.93. The average molecular weight is 344 g/mol. The Bertz CT molecular complexity index is 920. The van der Waals surface area contributed by atoms with Gasteiger partial charge in [-0.3, -0.25) is 4.40 Å². The van der Waals surface area contributed by atoms with Gasteiger partial charge in [-0.2, -0.15) is 14.0 Å². The molecule has 0 aliphatic carbocycles. The highest BCUT2D eigenvalue weighted by molar-refractivity contribution is 5.59. The molecule has 0 bridgehead atoms. The van der Waals surface area contributed by atoms with Crippen molar-refractivity contribution in [1.82, 2.24) is 9.38 Å². The molecule has 25 heavy (non-hydrogen) atoms. The first-order valence-corrected chi connectivity index (χ1v) is 7.42. The number of anilines is 1. The summed E-state index contributed by atoms with van der Waals surface area (Å²) in [4.78, 5) is 4.30. The van der Waals surface area contributed by atoms with Crippen molar-refractivity contribution in [1.29, 1.82) is 5.26 Å². The summed E-state index contributed by atoms with van der Waals surface area (Å²) in [6.45, 7) is -2.88. The molecule has 0 aliphatic heterocycles. The Balaban J connectivity index is 1.75. The van der Waals surface area contributed by atoms with Crippen LogP contribution in [0.25, 0.3) is 5.65 Å². The highest BCUT2D eigenvalue weighted by Gasteiger charge is 2.14. The van der Waals surface area contributed by atoms with Crippen LogP contribution < -0.4 is 10.1 Å². The number of aliphatic hydroxyl groups is 1. The molecule has 1 atom stereocenters. The van der Waals surface area contributed by atoms with Gasteiger partial charge in [0.1, 0.15) is 17.5 Å². The first-order valence-electron chi connectivity index (χ1n) is 7.42. The van der Waals surface area contributed by atoms with E-state index >= 15 is 0 Å². The lowest BCUT2D eigenvalue weighted by molar-refractivity contribution is -0.0499. The summed E-state index contributed by atoms with van der Waals surface area (Å²) in [6.07, 6.45) is 0.728. The van der Waals surface area contributed by atoms with Gasteiger partial charge in [0.2, 0.25) is 0 Å². The zero-order valence-corrected chi connectivity index (χ0v) is 12.9. The van der Waals surface area contributed by atoms with Gasteiger partial charge in [-0.05, 0) is 29.8 Å². The fraction of sp³-hybridized carbons (Fsp3) is 0.176. The third-order valence-corrected chi connectivity index (χ3v) is 3.57. The number of nitrogens with zero attached hydrogens (tertiary/aromatic N) is 3. The molecule has 0 radical (unpaired) electrons. The number of imidazole rings is 1. The minimum Gasteiger partial charge on any atom is -0.435 e. The SMILES string of the molecule is N#Cc1c(NCC(O)c2cccc(OC(F)F)c2)nc2ccccn12. The van der Waals surface area contributed by atoms with Crippen LogP contribution >= 0.6 is 0 Å². The number of nitriles is 1. The molecule has 3 aromatic rings. The van der Waals surface area contributed by atoms with Crippen molar-refractivity contribution in [2.45, 2.75) is 12.7 Å². The fourth-order valence-electron chi connectivity index (χ4n) is 2.44. The van der Waals surface area contributed by atoms with Gasteiger partial charge in [0.05, 0.1) is 6.10 Å². The molecular formula is C17H14F2N4O2. The third kappa shape index (κ3) is 3.67. The molecule has 0 spiro atoms. The van der Waals surface area contributed by atoms with Crippen molar-refractivity contribution >= 4 is 11.5 Å². The Hall–Kier alpha value is -3.18. The summed E-state index contributed by atoms with van der Waals surface area (Å²) in [5.74, 6) is 0.310. The fourth-order valence-corrected chi connectivity index (χ4v) is 2.44. The molecule has 0 fully saturated rings. The number of hydrogen-bond acceptors (Lipinski definition) is 5. The molecule has 3 rings (SSSR count). The monoisotopic (exact) mass is 344 g/mol. The highest BCUT2D eigenvalue weighted by atomic mass is 19.3. The molecule has 0 aliphatic rings. The Labute approximate surface area is 141 Å². The minimum absolute atomic E-state index is 0.0306. The van der Waals surface area contributed by atoms with Gasteiger partial charge in [-0.25, -0.2) is 4.98 Å². The number of alkyl halides is 2. The predicted octanol–water partition coefficient (Wildman–Crippen LogP) is 2.95. The van der Waals surface area contributed by atoms with Gasteiger partial charge in [-0.15, -0.1) is 0 Å². The molecule has 2 heterocycles. The Morgan fingerprint density at radius 3 is 2.88 bits per heavy atom. The van der Waals surface area contributed by atoms with Crippen molar-refractivity contribution in [3.63, 3.8) is 0 Å². The van der Waals surface area contributed by atoms with E-state index in [9.17, 15) is 19.1 Å². The van der Waals surface area contributed by atoms with Gasteiger partial charge in [0.25, 0.3) is 0 Å². The first-order chi connectivity index (χ1) is 12.1. The van der Waals surface area contributed by atoms with Crippen LogP contribution in [0.15, 0.2) is 48.7 Å². The maximum Gasteiger partial charge on any atom is 0.387 e. The molecular weight excluding hydrogens is 330 g/mol. The van der Waals surface area contributed by atoms with E-state index in [1.807, 2.05) is 0 Å². The molecule has 128 valence electrons. The summed E-state index contributed by atoms with van der Waals surface area (Å²) in [6, 6.07) is 13.2. The largest absolute Gasteiger partial charge is 0.435 e. The molecule has 0 saturated heterocycles. The second kappa shape index (κ2) is 7.15. The number of aliphatic hydroxyl groups excluding tert-OH is 1. The Morgan fingerprint density at radius 1 is 1.28 bits per heavy atom. The summed E-state index contributed by atoms with van der Waals surface area (Å²) in [5, 5.41) is 22.5. The topological polar surface area (TPSA) is 82.6 Å². The zero-order valence-electron chi connectivity index (χ0n) is 12.9. The quantitative estimate of drug-likeness (QED) is 0.718. The maximum atomic E-state index is 12.3. The lowest BCUT2D eigenvalue weighted by Gasteiger charge is -2.13. The van der Waals surface area contributed by atoms with Crippen molar-refractivity contribution in [3.05, 3.63) is 59.9 Å². The van der Waals surface area contributed by atoms with Gasteiger partial charge in [-0.1, -0.05) is 18.2 Å².